The van der Waals surface area contributed by atoms with Gasteiger partial charge in [0.05, 0.1) is 0 Å². The molecule has 2 N–H and O–H groups in total. The molecule has 1 aliphatic heterocycles. The maximum absolute atomic E-state index is 5.96. The fourth-order valence-electron chi connectivity index (χ4n) is 3.41. The van der Waals surface area contributed by atoms with Crippen LogP contribution < -0.4 is 5.73 Å². The smallest absolute Gasteiger partial charge is 0.0349 e. The topological polar surface area (TPSA) is 29.3 Å². The van der Waals surface area contributed by atoms with Crippen molar-refractivity contribution >= 4 is 21.4 Å². The van der Waals surface area contributed by atoms with Gasteiger partial charge in [-0.2, -0.15) is 0 Å². The van der Waals surface area contributed by atoms with Crippen LogP contribution in [0.2, 0.25) is 0 Å². The average Bonchev–Trinajstić information content (AvgIpc) is 3.05. The molecule has 0 spiro atoms. The van der Waals surface area contributed by atoms with Gasteiger partial charge < -0.3 is 5.73 Å². The normalized spacial score (nSPS) is 20.0. The maximum Gasteiger partial charge on any atom is 0.0349 e. The fraction of sp³-hybridized carbons (Fsp3) is 0.529. The van der Waals surface area contributed by atoms with Gasteiger partial charge in [0.2, 0.25) is 0 Å². The Labute approximate surface area is 125 Å². The third-order valence-electron chi connectivity index (χ3n) is 4.42. The molecule has 2 nitrogen and oxygen atoms in total. The number of fused-ring (bicyclic) bond motifs is 1. The molecule has 1 aromatic carbocycles. The molecule has 3 heteroatoms. The lowest BCUT2D eigenvalue weighted by Gasteiger charge is -2.16. The van der Waals surface area contributed by atoms with Crippen LogP contribution >= 0.6 is 11.3 Å². The molecule has 1 fully saturated rings. The second kappa shape index (κ2) is 6.25. The first kappa shape index (κ1) is 14.1. The SMILES string of the molecule is CCCC1CCN(Cc2c(CN)sc3ccccc23)C1. The van der Waals surface area contributed by atoms with Gasteiger partial charge in [0.1, 0.15) is 0 Å². The number of thiophene rings is 1. The summed E-state index contributed by atoms with van der Waals surface area (Å²) in [6.07, 6.45) is 4.06. The van der Waals surface area contributed by atoms with E-state index in [0.717, 1.165) is 12.5 Å². The largest absolute Gasteiger partial charge is 0.326 e. The highest BCUT2D eigenvalue weighted by atomic mass is 32.1. The Morgan fingerprint density at radius 1 is 1.35 bits per heavy atom. The first-order valence-electron chi connectivity index (χ1n) is 7.73. The standard InChI is InChI=1S/C17H24N2S/c1-2-5-13-8-9-19(11-13)12-15-14-6-3-4-7-16(14)20-17(15)10-18/h3-4,6-7,13H,2,5,8-12,18H2,1H3. The predicted molar refractivity (Wildman–Crippen MR) is 88.0 cm³/mol. The number of rotatable bonds is 5. The molecule has 0 radical (unpaired) electrons. The van der Waals surface area contributed by atoms with Crippen molar-refractivity contribution in [2.45, 2.75) is 39.3 Å². The Morgan fingerprint density at radius 3 is 3.00 bits per heavy atom. The van der Waals surface area contributed by atoms with Gasteiger partial charge in [-0.05, 0) is 42.3 Å². The number of benzene rings is 1. The second-order valence-corrected chi connectivity index (χ2v) is 7.02. The van der Waals surface area contributed by atoms with Crippen molar-refractivity contribution in [1.29, 1.82) is 0 Å². The molecule has 1 atom stereocenters. The van der Waals surface area contributed by atoms with Crippen LogP contribution in [0.25, 0.3) is 10.1 Å². The summed E-state index contributed by atoms with van der Waals surface area (Å²) >= 11 is 1.87. The third-order valence-corrected chi connectivity index (χ3v) is 5.65. The lowest BCUT2D eigenvalue weighted by atomic mass is 10.0. The summed E-state index contributed by atoms with van der Waals surface area (Å²) in [7, 11) is 0. The molecule has 1 aromatic heterocycles. The van der Waals surface area contributed by atoms with Crippen molar-refractivity contribution in [2.75, 3.05) is 13.1 Å². The molecule has 0 bridgehead atoms. The summed E-state index contributed by atoms with van der Waals surface area (Å²) in [6.45, 7) is 6.56. The third kappa shape index (κ3) is 2.76. The number of hydrogen-bond donors (Lipinski definition) is 1. The summed E-state index contributed by atoms with van der Waals surface area (Å²) in [6, 6.07) is 8.73. The second-order valence-electron chi connectivity index (χ2n) is 5.88. The van der Waals surface area contributed by atoms with Crippen LogP contribution in [0.15, 0.2) is 24.3 Å². The van der Waals surface area contributed by atoms with Crippen LogP contribution in [0.5, 0.6) is 0 Å². The minimum Gasteiger partial charge on any atom is -0.326 e. The molecule has 2 heterocycles. The zero-order valence-electron chi connectivity index (χ0n) is 12.3. The van der Waals surface area contributed by atoms with Crippen molar-refractivity contribution in [2.24, 2.45) is 11.7 Å². The summed E-state index contributed by atoms with van der Waals surface area (Å²) in [4.78, 5) is 3.98. The molecule has 1 unspecified atom stereocenters. The molecule has 108 valence electrons. The van der Waals surface area contributed by atoms with Crippen LogP contribution in [-0.4, -0.2) is 18.0 Å². The molecule has 0 aliphatic carbocycles. The van der Waals surface area contributed by atoms with Crippen LogP contribution in [0.1, 0.15) is 36.6 Å². The van der Waals surface area contributed by atoms with Gasteiger partial charge in [0.25, 0.3) is 0 Å². The number of nitrogens with zero attached hydrogens (tertiary/aromatic N) is 1. The van der Waals surface area contributed by atoms with E-state index >= 15 is 0 Å². The fourth-order valence-corrected chi connectivity index (χ4v) is 4.51. The average molecular weight is 288 g/mol. The van der Waals surface area contributed by atoms with Crippen molar-refractivity contribution in [3.05, 3.63) is 34.7 Å². The molecule has 1 saturated heterocycles. The molecule has 20 heavy (non-hydrogen) atoms. The van der Waals surface area contributed by atoms with Crippen LogP contribution in [0.4, 0.5) is 0 Å². The van der Waals surface area contributed by atoms with Gasteiger partial charge in [-0.3, -0.25) is 4.90 Å². The van der Waals surface area contributed by atoms with Crippen molar-refractivity contribution < 1.29 is 0 Å². The Kier molecular flexibility index (Phi) is 4.39. The molecule has 2 aromatic rings. The van der Waals surface area contributed by atoms with Gasteiger partial charge in [0.15, 0.2) is 0 Å². The summed E-state index contributed by atoms with van der Waals surface area (Å²) in [5.74, 6) is 0.909. The molecule has 0 saturated carbocycles. The van der Waals surface area contributed by atoms with E-state index in [2.05, 4.69) is 36.1 Å². The van der Waals surface area contributed by atoms with E-state index in [-0.39, 0.29) is 0 Å². The summed E-state index contributed by atoms with van der Waals surface area (Å²) in [5.41, 5.74) is 7.43. The maximum atomic E-state index is 5.96. The summed E-state index contributed by atoms with van der Waals surface area (Å²) < 4.78 is 1.38. The van der Waals surface area contributed by atoms with E-state index in [9.17, 15) is 0 Å². The van der Waals surface area contributed by atoms with Crippen molar-refractivity contribution in [3.63, 3.8) is 0 Å². The first-order valence-corrected chi connectivity index (χ1v) is 8.55. The van der Waals surface area contributed by atoms with Crippen LogP contribution in [0.3, 0.4) is 0 Å². The predicted octanol–water partition coefficient (Wildman–Crippen LogP) is 3.98. The van der Waals surface area contributed by atoms with E-state index in [1.54, 1.807) is 0 Å². The van der Waals surface area contributed by atoms with E-state index < -0.39 is 0 Å². The monoisotopic (exact) mass is 288 g/mol. The minimum absolute atomic E-state index is 0.668. The van der Waals surface area contributed by atoms with E-state index in [0.29, 0.717) is 6.54 Å². The first-order chi connectivity index (χ1) is 9.81. The highest BCUT2D eigenvalue weighted by Crippen LogP contribution is 2.33. The van der Waals surface area contributed by atoms with Gasteiger partial charge in [-0.1, -0.05) is 31.5 Å². The Bertz CT molecular complexity index is 575. The van der Waals surface area contributed by atoms with Gasteiger partial charge in [-0.25, -0.2) is 0 Å². The highest BCUT2D eigenvalue weighted by molar-refractivity contribution is 7.19. The van der Waals surface area contributed by atoms with Crippen LogP contribution in [-0.2, 0) is 13.1 Å². The van der Waals surface area contributed by atoms with Gasteiger partial charge >= 0.3 is 0 Å². The Balaban J connectivity index is 1.80. The number of nitrogens with two attached hydrogens (primary N) is 1. The molecule has 3 rings (SSSR count). The van der Waals surface area contributed by atoms with E-state index in [4.69, 9.17) is 5.73 Å². The zero-order valence-corrected chi connectivity index (χ0v) is 13.1. The minimum atomic E-state index is 0.668. The van der Waals surface area contributed by atoms with Crippen LogP contribution in [0, 0.1) is 5.92 Å². The van der Waals surface area contributed by atoms with Crippen molar-refractivity contribution in [3.8, 4) is 0 Å². The number of likely N-dealkylation sites (tertiary alicyclic amines) is 1. The van der Waals surface area contributed by atoms with E-state index in [1.807, 2.05) is 11.3 Å². The van der Waals surface area contributed by atoms with Gasteiger partial charge in [0, 0.05) is 29.2 Å². The molecular weight excluding hydrogens is 264 g/mol. The quantitative estimate of drug-likeness (QED) is 0.901. The highest BCUT2D eigenvalue weighted by Gasteiger charge is 2.23. The van der Waals surface area contributed by atoms with Gasteiger partial charge in [-0.15, -0.1) is 11.3 Å². The van der Waals surface area contributed by atoms with E-state index in [1.165, 1.54) is 52.9 Å². The molecule has 0 amide bonds. The lowest BCUT2D eigenvalue weighted by Crippen LogP contribution is -2.20. The molecular formula is C17H24N2S. The number of hydrogen-bond acceptors (Lipinski definition) is 3. The molecule has 1 aliphatic rings. The summed E-state index contributed by atoms with van der Waals surface area (Å²) in [5, 5.41) is 1.41. The Hall–Kier alpha value is -0.900. The lowest BCUT2D eigenvalue weighted by molar-refractivity contribution is 0.313. The zero-order chi connectivity index (χ0) is 13.9. The Morgan fingerprint density at radius 2 is 2.20 bits per heavy atom. The van der Waals surface area contributed by atoms with Crippen molar-refractivity contribution in [1.82, 2.24) is 4.90 Å².